The number of hydrogen-bond acceptors (Lipinski definition) is 1. The van der Waals surface area contributed by atoms with E-state index in [1.807, 2.05) is 0 Å². The molecule has 1 aromatic rings. The molecule has 0 fully saturated rings. The van der Waals surface area contributed by atoms with E-state index in [1.165, 1.54) is 0 Å². The van der Waals surface area contributed by atoms with Crippen LogP contribution >= 0.6 is 23.4 Å². The fourth-order valence-electron chi connectivity index (χ4n) is 0.790. The van der Waals surface area contributed by atoms with Gasteiger partial charge in [0.2, 0.25) is 0 Å². The second-order valence-electron chi connectivity index (χ2n) is 2.29. The van der Waals surface area contributed by atoms with Crippen molar-refractivity contribution in [1.29, 1.82) is 0 Å². The van der Waals surface area contributed by atoms with Gasteiger partial charge in [0.25, 0.3) is 0 Å². The lowest BCUT2D eigenvalue weighted by Gasteiger charge is -2.11. The Balaban J connectivity index is 2.64. The molecule has 0 N–H and O–H groups in total. The Hall–Kier alpha value is -0.350. The molecule has 0 amide bonds. The molecule has 0 saturated heterocycles. The van der Waals surface area contributed by atoms with Crippen LogP contribution < -0.4 is 0 Å². The van der Waals surface area contributed by atoms with E-state index in [2.05, 4.69) is 0 Å². The standard InChI is InChI=1S/C8H6ClF3S/c9-7(13-8(10,11)12)6-4-2-1-3-5-6/h1-5,7H. The van der Waals surface area contributed by atoms with Crippen molar-refractivity contribution in [3.05, 3.63) is 35.9 Å². The van der Waals surface area contributed by atoms with Gasteiger partial charge in [-0.3, -0.25) is 0 Å². The zero-order valence-corrected chi connectivity index (χ0v) is 7.96. The zero-order chi connectivity index (χ0) is 9.90. The van der Waals surface area contributed by atoms with E-state index in [-0.39, 0.29) is 11.8 Å². The fourth-order valence-corrected chi connectivity index (χ4v) is 1.77. The molecule has 1 rings (SSSR count). The molecule has 0 radical (unpaired) electrons. The lowest BCUT2D eigenvalue weighted by Crippen LogP contribution is -2.02. The molecule has 1 aromatic carbocycles. The summed E-state index contributed by atoms with van der Waals surface area (Å²) in [5.74, 6) is 0. The Kier molecular flexibility index (Phi) is 3.50. The lowest BCUT2D eigenvalue weighted by atomic mass is 10.2. The first kappa shape index (κ1) is 10.7. The molecule has 0 aliphatic rings. The summed E-state index contributed by atoms with van der Waals surface area (Å²) in [5.41, 5.74) is -3.83. The normalized spacial score (nSPS) is 14.2. The van der Waals surface area contributed by atoms with Gasteiger partial charge in [-0.1, -0.05) is 30.3 Å². The van der Waals surface area contributed by atoms with E-state index in [0.29, 0.717) is 5.56 Å². The van der Waals surface area contributed by atoms with Crippen molar-refractivity contribution in [1.82, 2.24) is 0 Å². The van der Waals surface area contributed by atoms with Gasteiger partial charge in [-0.25, -0.2) is 0 Å². The highest BCUT2D eigenvalue weighted by Gasteiger charge is 2.32. The van der Waals surface area contributed by atoms with Crippen molar-refractivity contribution in [3.63, 3.8) is 0 Å². The Bertz CT molecular complexity index is 260. The van der Waals surface area contributed by atoms with Crippen molar-refractivity contribution in [3.8, 4) is 0 Å². The van der Waals surface area contributed by atoms with E-state index >= 15 is 0 Å². The van der Waals surface area contributed by atoms with Crippen molar-refractivity contribution < 1.29 is 13.2 Å². The molecule has 0 bridgehead atoms. The number of hydrogen-bond donors (Lipinski definition) is 0. The maximum atomic E-state index is 11.9. The van der Waals surface area contributed by atoms with Crippen molar-refractivity contribution in [2.24, 2.45) is 0 Å². The fraction of sp³-hybridized carbons (Fsp3) is 0.250. The van der Waals surface area contributed by atoms with Gasteiger partial charge in [0.05, 0.1) is 0 Å². The van der Waals surface area contributed by atoms with Gasteiger partial charge in [0.15, 0.2) is 0 Å². The molecule has 72 valence electrons. The van der Waals surface area contributed by atoms with Gasteiger partial charge in [0.1, 0.15) is 4.71 Å². The summed E-state index contributed by atoms with van der Waals surface area (Å²) < 4.78 is 34.5. The van der Waals surface area contributed by atoms with Gasteiger partial charge >= 0.3 is 5.51 Å². The maximum Gasteiger partial charge on any atom is 0.443 e. The minimum absolute atomic E-state index is 0.225. The second kappa shape index (κ2) is 4.24. The molecule has 0 aromatic heterocycles. The lowest BCUT2D eigenvalue weighted by molar-refractivity contribution is -0.0330. The highest BCUT2D eigenvalue weighted by molar-refractivity contribution is 8.01. The third kappa shape index (κ3) is 3.91. The highest BCUT2D eigenvalue weighted by atomic mass is 35.5. The largest absolute Gasteiger partial charge is 0.443 e. The number of thioether (sulfide) groups is 1. The monoisotopic (exact) mass is 226 g/mol. The van der Waals surface area contributed by atoms with Gasteiger partial charge in [-0.05, 0) is 17.3 Å². The third-order valence-corrected chi connectivity index (χ3v) is 2.56. The van der Waals surface area contributed by atoms with Crippen LogP contribution in [0.5, 0.6) is 0 Å². The summed E-state index contributed by atoms with van der Waals surface area (Å²) in [4.78, 5) is 0. The minimum atomic E-state index is -4.29. The van der Waals surface area contributed by atoms with E-state index in [9.17, 15) is 13.2 Å². The van der Waals surface area contributed by atoms with Crippen LogP contribution in [0.2, 0.25) is 0 Å². The Labute approximate surface area is 83.1 Å². The smallest absolute Gasteiger partial charge is 0.160 e. The molecule has 0 saturated carbocycles. The molecule has 0 aliphatic heterocycles. The summed E-state index contributed by atoms with van der Waals surface area (Å²) in [6, 6.07) is 8.17. The molecule has 5 heteroatoms. The first-order valence-electron chi connectivity index (χ1n) is 3.42. The van der Waals surface area contributed by atoms with Crippen LogP contribution in [0.25, 0.3) is 0 Å². The average Bonchev–Trinajstić information content (AvgIpc) is 2.03. The zero-order valence-electron chi connectivity index (χ0n) is 6.38. The van der Waals surface area contributed by atoms with E-state index in [0.717, 1.165) is 0 Å². The van der Waals surface area contributed by atoms with Crippen LogP contribution in [0.3, 0.4) is 0 Å². The van der Waals surface area contributed by atoms with Gasteiger partial charge in [0, 0.05) is 0 Å². The predicted molar refractivity (Wildman–Crippen MR) is 48.7 cm³/mol. The SMILES string of the molecule is FC(F)(F)SC(Cl)c1ccccc1. The molecular formula is C8H6ClF3S. The summed E-state index contributed by atoms with van der Waals surface area (Å²) in [6.07, 6.45) is 0. The quantitative estimate of drug-likeness (QED) is 0.682. The van der Waals surface area contributed by atoms with Gasteiger partial charge in [-0.15, -0.1) is 11.6 Å². The second-order valence-corrected chi connectivity index (χ2v) is 4.16. The van der Waals surface area contributed by atoms with Crippen LogP contribution in [-0.2, 0) is 0 Å². The number of alkyl halides is 4. The van der Waals surface area contributed by atoms with Crippen LogP contribution in [0.1, 0.15) is 10.3 Å². The molecular weight excluding hydrogens is 221 g/mol. The van der Waals surface area contributed by atoms with Gasteiger partial charge in [-0.2, -0.15) is 13.2 Å². The van der Waals surface area contributed by atoms with E-state index in [4.69, 9.17) is 11.6 Å². The van der Waals surface area contributed by atoms with E-state index < -0.39 is 10.2 Å². The summed E-state index contributed by atoms with van der Waals surface area (Å²) in [5, 5.41) is 0. The highest BCUT2D eigenvalue weighted by Crippen LogP contribution is 2.44. The van der Waals surface area contributed by atoms with Gasteiger partial charge < -0.3 is 0 Å². The predicted octanol–water partition coefficient (Wildman–Crippen LogP) is 4.18. The first-order chi connectivity index (χ1) is 5.99. The minimum Gasteiger partial charge on any atom is -0.160 e. The Morgan fingerprint density at radius 3 is 2.15 bits per heavy atom. The van der Waals surface area contributed by atoms with Crippen LogP contribution in [-0.4, -0.2) is 5.51 Å². The average molecular weight is 227 g/mol. The number of benzene rings is 1. The molecule has 0 aliphatic carbocycles. The maximum absolute atomic E-state index is 11.9. The van der Waals surface area contributed by atoms with Crippen molar-refractivity contribution in [2.45, 2.75) is 10.2 Å². The van der Waals surface area contributed by atoms with Crippen molar-refractivity contribution >= 4 is 23.4 Å². The molecule has 13 heavy (non-hydrogen) atoms. The molecule has 1 atom stereocenters. The number of rotatable bonds is 2. The van der Waals surface area contributed by atoms with Crippen LogP contribution in [0.15, 0.2) is 30.3 Å². The molecule has 0 heterocycles. The third-order valence-electron chi connectivity index (χ3n) is 1.30. The molecule has 1 unspecified atom stereocenters. The van der Waals surface area contributed by atoms with Crippen LogP contribution in [0.4, 0.5) is 13.2 Å². The van der Waals surface area contributed by atoms with Crippen molar-refractivity contribution in [2.75, 3.05) is 0 Å². The van der Waals surface area contributed by atoms with E-state index in [1.54, 1.807) is 30.3 Å². The van der Waals surface area contributed by atoms with Crippen LogP contribution in [0, 0.1) is 0 Å². The Morgan fingerprint density at radius 1 is 1.15 bits per heavy atom. The summed E-state index contributed by atoms with van der Waals surface area (Å²) in [6.45, 7) is 0. The molecule has 0 nitrogen and oxygen atoms in total. The first-order valence-corrected chi connectivity index (χ1v) is 4.74. The number of halogens is 4. The topological polar surface area (TPSA) is 0 Å². The summed E-state index contributed by atoms with van der Waals surface area (Å²) in [7, 11) is 0. The molecule has 0 spiro atoms. The Morgan fingerprint density at radius 2 is 1.69 bits per heavy atom. The summed E-state index contributed by atoms with van der Waals surface area (Å²) >= 11 is 5.31.